The van der Waals surface area contributed by atoms with Gasteiger partial charge in [-0.15, -0.1) is 11.8 Å². The molecular formula is C33H51N7O2S. The van der Waals surface area contributed by atoms with E-state index in [9.17, 15) is 9.59 Å². The molecule has 3 heterocycles. The number of primary amides is 2. The van der Waals surface area contributed by atoms with Crippen LogP contribution in [0.4, 0.5) is 17.3 Å². The van der Waals surface area contributed by atoms with Gasteiger partial charge in [0.2, 0.25) is 5.91 Å². The van der Waals surface area contributed by atoms with E-state index in [1.54, 1.807) is 30.1 Å². The van der Waals surface area contributed by atoms with Gasteiger partial charge in [0.1, 0.15) is 5.82 Å². The van der Waals surface area contributed by atoms with Crippen molar-refractivity contribution in [1.29, 1.82) is 0 Å². The number of carbonyl (C=O) groups excluding carboxylic acids is 2. The average molecular weight is 610 g/mol. The fraction of sp³-hybridized carbons (Fsp3) is 0.515. The molecule has 236 valence electrons. The first-order valence-electron chi connectivity index (χ1n) is 15.5. The first-order chi connectivity index (χ1) is 20.7. The summed E-state index contributed by atoms with van der Waals surface area (Å²) < 4.78 is 0. The van der Waals surface area contributed by atoms with Gasteiger partial charge in [-0.3, -0.25) is 9.59 Å². The number of aromatic nitrogens is 2. The minimum atomic E-state index is -0.581. The zero-order valence-corrected chi connectivity index (χ0v) is 27.7. The van der Waals surface area contributed by atoms with Crippen molar-refractivity contribution in [2.45, 2.75) is 79.6 Å². The van der Waals surface area contributed by atoms with Gasteiger partial charge in [0.25, 0.3) is 5.91 Å². The molecule has 1 aromatic carbocycles. The molecule has 0 unspecified atom stereocenters. The number of allylic oxidation sites excluding steroid dienone is 3. The lowest BCUT2D eigenvalue weighted by molar-refractivity contribution is 0.0989. The summed E-state index contributed by atoms with van der Waals surface area (Å²) in [5, 5.41) is 4.16. The predicted octanol–water partition coefficient (Wildman–Crippen LogP) is 6.73. The number of hydrogen-bond donors (Lipinski definition) is 3. The summed E-state index contributed by atoms with van der Waals surface area (Å²) >= 11 is 1.57. The Morgan fingerprint density at radius 2 is 1.47 bits per heavy atom. The highest BCUT2D eigenvalue weighted by Gasteiger charge is 2.18. The van der Waals surface area contributed by atoms with Crippen LogP contribution in [0.1, 0.15) is 100 Å². The van der Waals surface area contributed by atoms with Crippen molar-refractivity contribution >= 4 is 40.9 Å². The Balaban J connectivity index is 0.000000320. The molecule has 2 amide bonds. The van der Waals surface area contributed by atoms with E-state index in [2.05, 4.69) is 51.9 Å². The Labute approximate surface area is 262 Å². The Hall–Kier alpha value is -3.53. The van der Waals surface area contributed by atoms with Gasteiger partial charge in [0, 0.05) is 37.4 Å². The minimum absolute atomic E-state index is 0.166. The molecule has 2 aliphatic rings. The fourth-order valence-electron chi connectivity index (χ4n) is 4.77. The summed E-state index contributed by atoms with van der Waals surface area (Å²) in [6.45, 7) is 14.5. The molecule has 10 heteroatoms. The van der Waals surface area contributed by atoms with E-state index in [4.69, 9.17) is 11.5 Å². The van der Waals surface area contributed by atoms with Crippen LogP contribution in [0.15, 0.2) is 52.7 Å². The van der Waals surface area contributed by atoms with E-state index in [0.717, 1.165) is 56.3 Å². The quantitative estimate of drug-likeness (QED) is 0.267. The molecule has 9 nitrogen and oxygen atoms in total. The van der Waals surface area contributed by atoms with Gasteiger partial charge in [-0.05, 0) is 101 Å². The Bertz CT molecular complexity index is 1230. The molecule has 2 aliphatic heterocycles. The van der Waals surface area contributed by atoms with E-state index >= 15 is 0 Å². The summed E-state index contributed by atoms with van der Waals surface area (Å²) in [5.41, 5.74) is 15.2. The number of benzene rings is 1. The normalized spacial score (nSPS) is 15.7. The summed E-state index contributed by atoms with van der Waals surface area (Å²) in [4.78, 5) is 36.2. The lowest BCUT2D eigenvalue weighted by Crippen LogP contribution is -2.31. The molecule has 0 radical (unpaired) electrons. The molecule has 43 heavy (non-hydrogen) atoms. The van der Waals surface area contributed by atoms with E-state index in [1.165, 1.54) is 42.5 Å². The van der Waals surface area contributed by atoms with Gasteiger partial charge in [-0.1, -0.05) is 26.3 Å². The third kappa shape index (κ3) is 11.2. The third-order valence-electron chi connectivity index (χ3n) is 7.56. The maximum Gasteiger partial charge on any atom is 0.271 e. The number of nitrogens with one attached hydrogen (secondary N) is 1. The van der Waals surface area contributed by atoms with Crippen LogP contribution >= 0.6 is 11.8 Å². The second-order valence-electron chi connectivity index (χ2n) is 10.5. The number of nitrogens with zero attached hydrogens (tertiary/aromatic N) is 4. The van der Waals surface area contributed by atoms with Crippen molar-refractivity contribution < 1.29 is 9.59 Å². The Kier molecular flexibility index (Phi) is 15.7. The molecule has 2 aromatic rings. The number of carbonyl (C=O) groups is 2. The number of nitrogens with two attached hydrogens (primary N) is 2. The number of rotatable bonds is 9. The van der Waals surface area contributed by atoms with Crippen molar-refractivity contribution in [3.05, 3.63) is 64.0 Å². The van der Waals surface area contributed by atoms with Crippen molar-refractivity contribution in [3.8, 4) is 0 Å². The number of amides is 2. The summed E-state index contributed by atoms with van der Waals surface area (Å²) in [7, 11) is 0. The monoisotopic (exact) mass is 609 g/mol. The van der Waals surface area contributed by atoms with E-state index in [-0.39, 0.29) is 11.6 Å². The highest BCUT2D eigenvalue weighted by molar-refractivity contribution is 8.02. The van der Waals surface area contributed by atoms with Gasteiger partial charge in [-0.25, -0.2) is 9.97 Å². The lowest BCUT2D eigenvalue weighted by Gasteiger charge is -2.28. The standard InChI is InChI=1S/C19H29N5OS.C12H16N2O.C2H6/c1-5-13(2)14(3)11-16(26-4)23-19-17(18(20)25)21-12-15(22-19)24-9-7-6-8-10-24;13-12(15)10-4-6-11(7-5-10)14-8-2-1-3-9-14;1-2/h11-12H,5-10H2,1-4H3,(H2,20,25)(H,22,23);4-7H,1-3,8-9H2,(H2,13,15);1-2H3/b14-13+,16-11-;;. The second kappa shape index (κ2) is 18.9. The lowest BCUT2D eigenvalue weighted by atomic mass is 10.1. The van der Waals surface area contributed by atoms with E-state index < -0.39 is 5.91 Å². The molecule has 2 fully saturated rings. The maximum absolute atomic E-state index is 11.8. The van der Waals surface area contributed by atoms with Crippen LogP contribution in [-0.2, 0) is 0 Å². The Morgan fingerprint density at radius 3 is 1.95 bits per heavy atom. The van der Waals surface area contributed by atoms with Crippen LogP contribution in [0, 0.1) is 0 Å². The fourth-order valence-corrected chi connectivity index (χ4v) is 5.27. The highest BCUT2D eigenvalue weighted by atomic mass is 32.2. The van der Waals surface area contributed by atoms with Crippen molar-refractivity contribution in [3.63, 3.8) is 0 Å². The second-order valence-corrected chi connectivity index (χ2v) is 11.3. The zero-order chi connectivity index (χ0) is 31.8. The molecule has 0 atom stereocenters. The average Bonchev–Trinajstić information content (AvgIpc) is 3.05. The van der Waals surface area contributed by atoms with Gasteiger partial charge >= 0.3 is 0 Å². The summed E-state index contributed by atoms with van der Waals surface area (Å²) in [5.74, 6) is 0.264. The number of thioether (sulfide) groups is 1. The summed E-state index contributed by atoms with van der Waals surface area (Å²) in [6.07, 6.45) is 14.1. The van der Waals surface area contributed by atoms with E-state index in [1.807, 2.05) is 32.2 Å². The van der Waals surface area contributed by atoms with Gasteiger partial charge in [-0.2, -0.15) is 0 Å². The zero-order valence-electron chi connectivity index (χ0n) is 26.9. The SMILES string of the molecule is CC.CC/C(C)=C(C)/C=C(/Nc1nc(N2CCCCC2)cnc1C(N)=O)SC.NC(=O)c1ccc(N2CCCCC2)cc1. The van der Waals surface area contributed by atoms with Gasteiger partial charge in [0.05, 0.1) is 11.2 Å². The van der Waals surface area contributed by atoms with Crippen molar-refractivity contribution in [1.82, 2.24) is 9.97 Å². The van der Waals surface area contributed by atoms with Crippen LogP contribution in [0.2, 0.25) is 0 Å². The largest absolute Gasteiger partial charge is 0.372 e. The predicted molar refractivity (Wildman–Crippen MR) is 183 cm³/mol. The van der Waals surface area contributed by atoms with E-state index in [0.29, 0.717) is 11.4 Å². The maximum atomic E-state index is 11.8. The van der Waals surface area contributed by atoms with Crippen LogP contribution in [0.25, 0.3) is 0 Å². The molecule has 0 saturated carbocycles. The Morgan fingerprint density at radius 1 is 0.907 bits per heavy atom. The van der Waals surface area contributed by atoms with Crippen LogP contribution in [0.3, 0.4) is 0 Å². The highest BCUT2D eigenvalue weighted by Crippen LogP contribution is 2.25. The van der Waals surface area contributed by atoms with Crippen LogP contribution in [-0.4, -0.2) is 54.2 Å². The van der Waals surface area contributed by atoms with Gasteiger partial charge < -0.3 is 26.6 Å². The molecule has 0 spiro atoms. The molecule has 5 N–H and O–H groups in total. The molecule has 0 aliphatic carbocycles. The molecule has 0 bridgehead atoms. The molecule has 2 saturated heterocycles. The summed E-state index contributed by atoms with van der Waals surface area (Å²) in [6, 6.07) is 7.55. The molecular weight excluding hydrogens is 558 g/mol. The third-order valence-corrected chi connectivity index (χ3v) is 8.22. The molecule has 1 aromatic heterocycles. The van der Waals surface area contributed by atoms with Crippen molar-refractivity contribution in [2.24, 2.45) is 11.5 Å². The topological polar surface area (TPSA) is 130 Å². The first-order valence-corrected chi connectivity index (χ1v) is 16.7. The number of anilines is 3. The van der Waals surface area contributed by atoms with Crippen LogP contribution < -0.4 is 26.6 Å². The van der Waals surface area contributed by atoms with Crippen molar-refractivity contribution in [2.75, 3.05) is 47.6 Å². The number of hydrogen-bond acceptors (Lipinski definition) is 8. The first kappa shape index (κ1) is 35.7. The van der Waals surface area contributed by atoms with Crippen LogP contribution in [0.5, 0.6) is 0 Å². The number of piperidine rings is 2. The smallest absolute Gasteiger partial charge is 0.271 e. The molecule has 4 rings (SSSR count). The van der Waals surface area contributed by atoms with Gasteiger partial charge in [0.15, 0.2) is 11.5 Å². The minimum Gasteiger partial charge on any atom is -0.372 e.